The molecule has 0 fully saturated rings. The van der Waals surface area contributed by atoms with Gasteiger partial charge in [-0.3, -0.25) is 9.48 Å². The van der Waals surface area contributed by atoms with Crippen LogP contribution in [0.1, 0.15) is 27.3 Å². The molecule has 4 rings (SSSR count). The summed E-state index contributed by atoms with van der Waals surface area (Å²) in [5, 5.41) is 17.0. The zero-order chi connectivity index (χ0) is 22.1. The van der Waals surface area contributed by atoms with Crippen molar-refractivity contribution in [3.05, 3.63) is 65.4 Å². The molecule has 0 atom stereocenters. The van der Waals surface area contributed by atoms with E-state index in [0.717, 1.165) is 17.0 Å². The average molecular weight is 416 g/mol. The van der Waals surface area contributed by atoms with Crippen molar-refractivity contribution in [3.8, 4) is 11.3 Å². The molecule has 0 spiro atoms. The molecule has 9 heteroatoms. The number of anilines is 1. The van der Waals surface area contributed by atoms with Gasteiger partial charge in [0, 0.05) is 41.8 Å². The Morgan fingerprint density at radius 3 is 2.74 bits per heavy atom. The Kier molecular flexibility index (Phi) is 5.08. The number of carboxylic acid groups (broad SMARTS) is 1. The highest BCUT2D eigenvalue weighted by Crippen LogP contribution is 2.29. The molecule has 156 valence electrons. The molecule has 9 nitrogen and oxygen atoms in total. The zero-order valence-corrected chi connectivity index (χ0v) is 17.2. The van der Waals surface area contributed by atoms with E-state index in [4.69, 9.17) is 0 Å². The number of aryl methyl sites for hydroxylation is 2. The van der Waals surface area contributed by atoms with Crippen LogP contribution >= 0.6 is 0 Å². The molecule has 1 amide bonds. The van der Waals surface area contributed by atoms with Gasteiger partial charge in [0.25, 0.3) is 0 Å². The number of aromatic nitrogens is 5. The molecular formula is C22H20N6O3. The summed E-state index contributed by atoms with van der Waals surface area (Å²) in [6.45, 7) is 3.83. The fourth-order valence-corrected chi connectivity index (χ4v) is 3.47. The van der Waals surface area contributed by atoms with E-state index in [1.54, 1.807) is 35.0 Å². The summed E-state index contributed by atoms with van der Waals surface area (Å²) in [6, 6.07) is 7.06. The molecule has 1 aromatic carbocycles. The molecule has 31 heavy (non-hydrogen) atoms. The number of aromatic carboxylic acids is 1. The van der Waals surface area contributed by atoms with Gasteiger partial charge in [0.2, 0.25) is 5.91 Å². The molecule has 0 aliphatic rings. The smallest absolute Gasteiger partial charge is 0.338 e. The van der Waals surface area contributed by atoms with Crippen LogP contribution in [0.4, 0.5) is 5.69 Å². The minimum absolute atomic E-state index is 0.0881. The first-order valence-corrected chi connectivity index (χ1v) is 9.50. The Morgan fingerprint density at radius 2 is 2.03 bits per heavy atom. The second kappa shape index (κ2) is 7.86. The highest BCUT2D eigenvalue weighted by Gasteiger charge is 2.17. The van der Waals surface area contributed by atoms with Gasteiger partial charge in [-0.25, -0.2) is 14.8 Å². The highest BCUT2D eigenvalue weighted by molar-refractivity contribution is 6.08. The van der Waals surface area contributed by atoms with E-state index in [9.17, 15) is 14.7 Å². The minimum Gasteiger partial charge on any atom is -0.478 e. The highest BCUT2D eigenvalue weighted by atomic mass is 16.4. The number of carbonyl (C=O) groups is 2. The molecule has 0 aliphatic carbocycles. The number of fused-ring (bicyclic) bond motifs is 1. The van der Waals surface area contributed by atoms with Gasteiger partial charge < -0.3 is 15.4 Å². The van der Waals surface area contributed by atoms with E-state index in [-0.39, 0.29) is 11.5 Å². The van der Waals surface area contributed by atoms with E-state index in [1.807, 2.05) is 20.9 Å². The van der Waals surface area contributed by atoms with Crippen LogP contribution in [0.25, 0.3) is 28.4 Å². The molecule has 0 radical (unpaired) electrons. The number of carbonyl (C=O) groups excluding carboxylic acids is 1. The van der Waals surface area contributed by atoms with Crippen LogP contribution in [0.5, 0.6) is 0 Å². The number of aromatic amines is 1. The van der Waals surface area contributed by atoms with Crippen molar-refractivity contribution in [2.24, 2.45) is 7.05 Å². The topological polar surface area (TPSA) is 126 Å². The third kappa shape index (κ3) is 3.80. The van der Waals surface area contributed by atoms with Crippen LogP contribution in [-0.4, -0.2) is 41.7 Å². The number of nitrogens with zero attached hydrogens (tertiary/aromatic N) is 4. The van der Waals surface area contributed by atoms with Crippen LogP contribution < -0.4 is 5.32 Å². The predicted octanol–water partition coefficient (Wildman–Crippen LogP) is 3.33. The molecule has 0 bridgehead atoms. The van der Waals surface area contributed by atoms with Crippen LogP contribution in [0.15, 0.2) is 42.9 Å². The lowest BCUT2D eigenvalue weighted by molar-refractivity contribution is -0.111. The number of hydrogen-bond donors (Lipinski definition) is 3. The number of H-pyrrole nitrogens is 1. The van der Waals surface area contributed by atoms with Crippen molar-refractivity contribution >= 4 is 34.7 Å². The Balaban J connectivity index is 1.62. The van der Waals surface area contributed by atoms with Gasteiger partial charge in [-0.15, -0.1) is 0 Å². The van der Waals surface area contributed by atoms with Crippen molar-refractivity contribution < 1.29 is 14.7 Å². The third-order valence-corrected chi connectivity index (χ3v) is 5.07. The number of rotatable bonds is 5. The largest absolute Gasteiger partial charge is 0.478 e. The molecule has 0 saturated carbocycles. The van der Waals surface area contributed by atoms with Gasteiger partial charge in [-0.2, -0.15) is 5.10 Å². The Bertz CT molecular complexity index is 1350. The van der Waals surface area contributed by atoms with Crippen LogP contribution in [-0.2, 0) is 11.8 Å². The minimum atomic E-state index is -1.07. The predicted molar refractivity (Wildman–Crippen MR) is 117 cm³/mol. The van der Waals surface area contributed by atoms with Gasteiger partial charge >= 0.3 is 5.97 Å². The SMILES string of the molecule is Cc1nn(C)c(C)c1/C=C/C(=O)Nc1cccc(-c2ncnc3[nH]cc(C(=O)O)c23)c1. The van der Waals surface area contributed by atoms with Crippen molar-refractivity contribution in [1.82, 2.24) is 24.7 Å². The molecular weight excluding hydrogens is 396 g/mol. The number of carboxylic acids is 1. The normalized spacial score (nSPS) is 11.3. The van der Waals surface area contributed by atoms with Gasteiger partial charge in [-0.1, -0.05) is 12.1 Å². The van der Waals surface area contributed by atoms with E-state index < -0.39 is 5.97 Å². The van der Waals surface area contributed by atoms with Crippen molar-refractivity contribution in [2.45, 2.75) is 13.8 Å². The van der Waals surface area contributed by atoms with E-state index in [2.05, 4.69) is 25.4 Å². The van der Waals surface area contributed by atoms with Gasteiger partial charge in [-0.05, 0) is 32.1 Å². The molecule has 0 saturated heterocycles. The van der Waals surface area contributed by atoms with Crippen molar-refractivity contribution in [3.63, 3.8) is 0 Å². The average Bonchev–Trinajstić information content (AvgIpc) is 3.27. The van der Waals surface area contributed by atoms with Crippen LogP contribution in [0, 0.1) is 13.8 Å². The summed E-state index contributed by atoms with van der Waals surface area (Å²) in [5.74, 6) is -1.36. The van der Waals surface area contributed by atoms with Crippen molar-refractivity contribution in [1.29, 1.82) is 0 Å². The standard InChI is InChI=1S/C22H20N6O3/c1-12-16(13(2)28(3)27-12)7-8-18(29)26-15-6-4-5-14(9-15)20-19-17(22(30)31)10-23-21(19)25-11-24-20/h4-11H,1-3H3,(H,26,29)(H,30,31)(H,23,24,25)/b8-7+. The zero-order valence-electron chi connectivity index (χ0n) is 17.2. The number of nitrogens with one attached hydrogen (secondary N) is 2. The maximum Gasteiger partial charge on any atom is 0.338 e. The number of amides is 1. The first-order valence-electron chi connectivity index (χ1n) is 9.50. The van der Waals surface area contributed by atoms with Crippen LogP contribution in [0.3, 0.4) is 0 Å². The second-order valence-electron chi connectivity index (χ2n) is 7.06. The summed E-state index contributed by atoms with van der Waals surface area (Å²) < 4.78 is 1.77. The molecule has 0 unspecified atom stereocenters. The lowest BCUT2D eigenvalue weighted by Crippen LogP contribution is -2.07. The third-order valence-electron chi connectivity index (χ3n) is 5.07. The molecule has 0 aliphatic heterocycles. The lowest BCUT2D eigenvalue weighted by Gasteiger charge is -2.07. The summed E-state index contributed by atoms with van der Waals surface area (Å²) >= 11 is 0. The fourth-order valence-electron chi connectivity index (χ4n) is 3.47. The quantitative estimate of drug-likeness (QED) is 0.429. The van der Waals surface area contributed by atoms with Crippen LogP contribution in [0.2, 0.25) is 0 Å². The molecule has 3 aromatic heterocycles. The number of benzene rings is 1. The lowest BCUT2D eigenvalue weighted by atomic mass is 10.1. The summed E-state index contributed by atoms with van der Waals surface area (Å²) in [6.07, 6.45) is 5.96. The molecule has 3 N–H and O–H groups in total. The molecule has 4 aromatic rings. The fraction of sp³-hybridized carbons (Fsp3) is 0.136. The first kappa shape index (κ1) is 20.0. The van der Waals surface area contributed by atoms with E-state index in [0.29, 0.717) is 28.0 Å². The van der Waals surface area contributed by atoms with Gasteiger partial charge in [0.15, 0.2) is 0 Å². The van der Waals surface area contributed by atoms with Gasteiger partial charge in [0.1, 0.15) is 12.0 Å². The Labute approximate surface area is 177 Å². The summed E-state index contributed by atoms with van der Waals surface area (Å²) in [7, 11) is 1.86. The first-order chi connectivity index (χ1) is 14.8. The maximum absolute atomic E-state index is 12.4. The Hall–Kier alpha value is -4.27. The van der Waals surface area contributed by atoms with Crippen molar-refractivity contribution in [2.75, 3.05) is 5.32 Å². The molecule has 3 heterocycles. The Morgan fingerprint density at radius 1 is 1.23 bits per heavy atom. The number of hydrogen-bond acceptors (Lipinski definition) is 5. The second-order valence-corrected chi connectivity index (χ2v) is 7.06. The summed E-state index contributed by atoms with van der Waals surface area (Å²) in [5.41, 5.74) is 4.94. The summed E-state index contributed by atoms with van der Waals surface area (Å²) in [4.78, 5) is 35.2. The maximum atomic E-state index is 12.4. The van der Waals surface area contributed by atoms with Gasteiger partial charge in [0.05, 0.1) is 22.3 Å². The monoisotopic (exact) mass is 416 g/mol. The van der Waals surface area contributed by atoms with E-state index >= 15 is 0 Å². The van der Waals surface area contributed by atoms with E-state index in [1.165, 1.54) is 18.6 Å².